The lowest BCUT2D eigenvalue weighted by Gasteiger charge is -2.65. The van der Waals surface area contributed by atoms with Crippen LogP contribution in [0, 0.1) is 11.8 Å². The normalized spacial score (nSPS) is 34.4. The topological polar surface area (TPSA) is 24.9 Å². The number of rotatable bonds is 2. The van der Waals surface area contributed by atoms with E-state index in [2.05, 4.69) is 79.3 Å². The molecule has 1 aliphatic carbocycles. The fourth-order valence-electron chi connectivity index (χ4n) is 8.50. The van der Waals surface area contributed by atoms with Gasteiger partial charge >= 0.3 is 0 Å². The van der Waals surface area contributed by atoms with E-state index in [1.807, 2.05) is 0 Å². The van der Waals surface area contributed by atoms with Gasteiger partial charge in [-0.3, -0.25) is 9.80 Å². The molecule has 1 saturated carbocycles. The summed E-state index contributed by atoms with van der Waals surface area (Å²) in [7, 11) is 4.66. The fourth-order valence-corrected chi connectivity index (χ4v) is 8.50. The van der Waals surface area contributed by atoms with Crippen LogP contribution in [-0.4, -0.2) is 64.0 Å². The molecule has 0 bridgehead atoms. The molecule has 192 valence electrons. The maximum atomic E-state index is 7.57. The first-order valence-electron chi connectivity index (χ1n) is 13.9. The molecule has 4 aliphatic rings. The van der Waals surface area contributed by atoms with E-state index in [0.717, 1.165) is 25.9 Å². The molecule has 0 aromatic heterocycles. The molecular formula is C29H54N2O2. The highest BCUT2D eigenvalue weighted by Gasteiger charge is 2.61. The van der Waals surface area contributed by atoms with Crippen molar-refractivity contribution in [2.75, 3.05) is 20.7 Å². The number of nitrogens with zero attached hydrogens (tertiary/aromatic N) is 2. The predicted molar refractivity (Wildman–Crippen MR) is 137 cm³/mol. The van der Waals surface area contributed by atoms with Crippen LogP contribution in [0.2, 0.25) is 0 Å². The van der Waals surface area contributed by atoms with Crippen LogP contribution in [0.5, 0.6) is 0 Å². The number of hydrogen-bond donors (Lipinski definition) is 0. The Bertz CT molecular complexity index is 636. The van der Waals surface area contributed by atoms with E-state index < -0.39 is 0 Å². The Morgan fingerprint density at radius 1 is 0.576 bits per heavy atom. The first-order chi connectivity index (χ1) is 15.1. The van der Waals surface area contributed by atoms with E-state index in [1.165, 1.54) is 44.9 Å². The molecule has 0 N–H and O–H groups in total. The quantitative estimate of drug-likeness (QED) is 0.460. The van der Waals surface area contributed by atoms with Crippen molar-refractivity contribution >= 4 is 0 Å². The molecule has 4 rings (SSSR count). The Morgan fingerprint density at radius 3 is 1.36 bits per heavy atom. The van der Waals surface area contributed by atoms with Gasteiger partial charge in [0.15, 0.2) is 5.79 Å². The van der Waals surface area contributed by atoms with Gasteiger partial charge in [0.1, 0.15) is 0 Å². The van der Waals surface area contributed by atoms with Crippen molar-refractivity contribution in [3.63, 3.8) is 0 Å². The number of ether oxygens (including phenoxy) is 2. The molecule has 0 amide bonds. The first-order valence-corrected chi connectivity index (χ1v) is 13.9. The highest BCUT2D eigenvalue weighted by molar-refractivity contribution is 5.12. The summed E-state index contributed by atoms with van der Waals surface area (Å²) in [5, 5.41) is 0. The second kappa shape index (κ2) is 8.18. The van der Waals surface area contributed by atoms with Crippen LogP contribution in [0.1, 0.15) is 120 Å². The van der Waals surface area contributed by atoms with E-state index in [9.17, 15) is 0 Å². The van der Waals surface area contributed by atoms with Gasteiger partial charge < -0.3 is 9.47 Å². The first kappa shape index (κ1) is 25.9. The van der Waals surface area contributed by atoms with Crippen LogP contribution in [0.15, 0.2) is 0 Å². The zero-order chi connectivity index (χ0) is 24.5. The minimum absolute atomic E-state index is 0.0960. The average molecular weight is 463 g/mol. The molecular weight excluding hydrogens is 408 g/mol. The van der Waals surface area contributed by atoms with Crippen LogP contribution in [0.3, 0.4) is 0 Å². The highest BCUT2D eigenvalue weighted by Crippen LogP contribution is 2.58. The lowest BCUT2D eigenvalue weighted by Crippen LogP contribution is -2.69. The van der Waals surface area contributed by atoms with Crippen LogP contribution in [0.4, 0.5) is 0 Å². The minimum atomic E-state index is -0.341. The predicted octanol–water partition coefficient (Wildman–Crippen LogP) is 6.62. The van der Waals surface area contributed by atoms with E-state index >= 15 is 0 Å². The summed E-state index contributed by atoms with van der Waals surface area (Å²) >= 11 is 0. The molecule has 0 aromatic rings. The Morgan fingerprint density at radius 2 is 0.970 bits per heavy atom. The molecule has 3 saturated heterocycles. The van der Waals surface area contributed by atoms with Gasteiger partial charge in [0.2, 0.25) is 0 Å². The SMILES string of the molecule is CN1C(C)(C)CC(C2(C3CC(C)(C)N(C)C(C)(C)C3)CCOC3(CCCCC3)O2)CC1(C)C. The zero-order valence-electron chi connectivity index (χ0n) is 23.6. The van der Waals surface area contributed by atoms with Crippen LogP contribution >= 0.6 is 0 Å². The Hall–Kier alpha value is -0.160. The molecule has 4 nitrogen and oxygen atoms in total. The van der Waals surface area contributed by atoms with Crippen molar-refractivity contribution < 1.29 is 9.47 Å². The van der Waals surface area contributed by atoms with Gasteiger partial charge in [-0.1, -0.05) is 6.42 Å². The van der Waals surface area contributed by atoms with E-state index in [-0.39, 0.29) is 33.5 Å². The molecule has 0 unspecified atom stereocenters. The highest BCUT2D eigenvalue weighted by atomic mass is 16.7. The lowest BCUT2D eigenvalue weighted by molar-refractivity contribution is -0.371. The molecule has 3 aliphatic heterocycles. The van der Waals surface area contributed by atoms with Gasteiger partial charge in [-0.05, 0) is 120 Å². The third-order valence-corrected chi connectivity index (χ3v) is 10.8. The van der Waals surface area contributed by atoms with E-state index in [1.54, 1.807) is 0 Å². The van der Waals surface area contributed by atoms with Gasteiger partial charge in [0, 0.05) is 41.4 Å². The number of piperidine rings is 2. The smallest absolute Gasteiger partial charge is 0.169 e. The van der Waals surface area contributed by atoms with Gasteiger partial charge in [0.05, 0.1) is 12.2 Å². The molecule has 4 fully saturated rings. The standard InChI is InChI=1S/C29H54N2O2/c1-24(2)18-22(19-25(3,4)30(24)9)29(16-17-32-28(33-29)14-12-11-13-15-28)23-20-26(5,6)31(10)27(7,8)21-23/h22-23H,11-21H2,1-10H3. The molecule has 0 atom stereocenters. The van der Waals surface area contributed by atoms with Crippen LogP contribution < -0.4 is 0 Å². The minimum Gasteiger partial charge on any atom is -0.350 e. The number of likely N-dealkylation sites (tertiary alicyclic amines) is 2. The second-order valence-electron chi connectivity index (χ2n) is 14.7. The van der Waals surface area contributed by atoms with Gasteiger partial charge in [-0.25, -0.2) is 0 Å². The van der Waals surface area contributed by atoms with Crippen molar-refractivity contribution in [3.05, 3.63) is 0 Å². The molecule has 1 spiro atoms. The summed E-state index contributed by atoms with van der Waals surface area (Å²) in [4.78, 5) is 5.25. The molecule has 3 heterocycles. The van der Waals surface area contributed by atoms with Crippen molar-refractivity contribution in [1.82, 2.24) is 9.80 Å². The third kappa shape index (κ3) is 4.45. The van der Waals surface area contributed by atoms with Crippen molar-refractivity contribution in [2.45, 2.75) is 153 Å². The average Bonchev–Trinajstić information content (AvgIpc) is 2.69. The Labute approximate surface area is 205 Å². The van der Waals surface area contributed by atoms with E-state index in [4.69, 9.17) is 9.47 Å². The summed E-state index contributed by atoms with van der Waals surface area (Å²) in [6.07, 6.45) is 11.8. The summed E-state index contributed by atoms with van der Waals surface area (Å²) in [6.45, 7) is 20.5. The summed E-state index contributed by atoms with van der Waals surface area (Å²) in [5.74, 6) is 0.772. The molecule has 33 heavy (non-hydrogen) atoms. The van der Waals surface area contributed by atoms with Gasteiger partial charge in [0.25, 0.3) is 0 Å². The summed E-state index contributed by atoms with van der Waals surface area (Å²) < 4.78 is 14.1. The maximum Gasteiger partial charge on any atom is 0.169 e. The summed E-state index contributed by atoms with van der Waals surface area (Å²) in [5.41, 5.74) is 0.560. The van der Waals surface area contributed by atoms with Gasteiger partial charge in [-0.15, -0.1) is 0 Å². The molecule has 0 aromatic carbocycles. The molecule has 4 heteroatoms. The monoisotopic (exact) mass is 462 g/mol. The Balaban J connectivity index is 1.78. The fraction of sp³-hybridized carbons (Fsp3) is 1.00. The van der Waals surface area contributed by atoms with Crippen LogP contribution in [-0.2, 0) is 9.47 Å². The zero-order valence-corrected chi connectivity index (χ0v) is 23.6. The second-order valence-corrected chi connectivity index (χ2v) is 14.7. The Kier molecular flexibility index (Phi) is 6.43. The molecule has 0 radical (unpaired) electrons. The van der Waals surface area contributed by atoms with Crippen molar-refractivity contribution in [3.8, 4) is 0 Å². The third-order valence-electron chi connectivity index (χ3n) is 10.8. The largest absolute Gasteiger partial charge is 0.350 e. The van der Waals surface area contributed by atoms with Gasteiger partial charge in [-0.2, -0.15) is 0 Å². The van der Waals surface area contributed by atoms with Crippen molar-refractivity contribution in [2.24, 2.45) is 11.8 Å². The lowest BCUT2D eigenvalue weighted by atomic mass is 9.57. The van der Waals surface area contributed by atoms with Crippen LogP contribution in [0.25, 0.3) is 0 Å². The maximum absolute atomic E-state index is 7.57. The number of hydrogen-bond acceptors (Lipinski definition) is 4. The van der Waals surface area contributed by atoms with Crippen molar-refractivity contribution in [1.29, 1.82) is 0 Å². The summed E-state index contributed by atoms with van der Waals surface area (Å²) in [6, 6.07) is 0. The van der Waals surface area contributed by atoms with E-state index in [0.29, 0.717) is 11.8 Å².